The average Bonchev–Trinajstić information content (AvgIpc) is 2.03. The Bertz CT molecular complexity index is 227. The van der Waals surface area contributed by atoms with Crippen molar-refractivity contribution >= 4 is 11.9 Å². The summed E-state index contributed by atoms with van der Waals surface area (Å²) >= 11 is 0. The smallest absolute Gasteiger partial charge is 0.321 e. The van der Waals surface area contributed by atoms with Crippen LogP contribution in [0.25, 0.3) is 0 Å². The predicted octanol–water partition coefficient (Wildman–Crippen LogP) is -0.469. The molecule has 1 rings (SSSR count). The van der Waals surface area contributed by atoms with Crippen molar-refractivity contribution in [2.75, 3.05) is 0 Å². The van der Waals surface area contributed by atoms with Gasteiger partial charge < -0.3 is 10.4 Å². The van der Waals surface area contributed by atoms with Crippen LogP contribution in [0.15, 0.2) is 0 Å². The lowest BCUT2D eigenvalue weighted by Crippen LogP contribution is -2.60. The fourth-order valence-corrected chi connectivity index (χ4v) is 1.25. The van der Waals surface area contributed by atoms with Crippen LogP contribution in [0, 0.1) is 5.92 Å². The van der Waals surface area contributed by atoms with E-state index in [0.29, 0.717) is 0 Å². The summed E-state index contributed by atoms with van der Waals surface area (Å²) in [7, 11) is 0. The van der Waals surface area contributed by atoms with Crippen molar-refractivity contribution in [3.05, 3.63) is 0 Å². The summed E-state index contributed by atoms with van der Waals surface area (Å²) in [5, 5.41) is 14.3. The van der Waals surface area contributed by atoms with Crippen molar-refractivity contribution in [3.8, 4) is 0 Å². The lowest BCUT2D eigenvalue weighted by atomic mass is 10.0. The Kier molecular flexibility index (Phi) is 2.87. The Morgan fingerprint density at radius 3 is 2.69 bits per heavy atom. The van der Waals surface area contributed by atoms with Crippen LogP contribution in [0.5, 0.6) is 0 Å². The molecular weight excluding hydrogens is 172 g/mol. The van der Waals surface area contributed by atoms with Gasteiger partial charge in [-0.2, -0.15) is 0 Å². The zero-order chi connectivity index (χ0) is 10.0. The summed E-state index contributed by atoms with van der Waals surface area (Å²) in [5.41, 5.74) is 0. The Hall–Kier alpha value is -1.10. The Morgan fingerprint density at radius 2 is 2.23 bits per heavy atom. The van der Waals surface area contributed by atoms with Crippen molar-refractivity contribution in [2.45, 2.75) is 32.5 Å². The SMILES string of the molecule is CC(C)C1NC(=O)C[C@@H](C(=O)O)N1. The summed E-state index contributed by atoms with van der Waals surface area (Å²) in [4.78, 5) is 21.7. The third-order valence-corrected chi connectivity index (χ3v) is 2.05. The molecule has 0 aliphatic carbocycles. The van der Waals surface area contributed by atoms with Gasteiger partial charge in [0.25, 0.3) is 0 Å². The number of hydrogen-bond acceptors (Lipinski definition) is 3. The van der Waals surface area contributed by atoms with Crippen LogP contribution in [0.3, 0.4) is 0 Å². The molecule has 1 heterocycles. The van der Waals surface area contributed by atoms with Gasteiger partial charge in [-0.1, -0.05) is 13.8 Å². The van der Waals surface area contributed by atoms with E-state index in [9.17, 15) is 9.59 Å². The van der Waals surface area contributed by atoms with Crippen LogP contribution >= 0.6 is 0 Å². The van der Waals surface area contributed by atoms with Gasteiger partial charge in [-0.25, -0.2) is 0 Å². The van der Waals surface area contributed by atoms with Gasteiger partial charge >= 0.3 is 5.97 Å². The van der Waals surface area contributed by atoms with E-state index in [1.165, 1.54) is 0 Å². The van der Waals surface area contributed by atoms with Gasteiger partial charge in [0.05, 0.1) is 12.6 Å². The first kappa shape index (κ1) is 9.98. The van der Waals surface area contributed by atoms with Crippen LogP contribution in [0.2, 0.25) is 0 Å². The molecule has 1 unspecified atom stereocenters. The quantitative estimate of drug-likeness (QED) is 0.545. The molecule has 1 fully saturated rings. The van der Waals surface area contributed by atoms with E-state index >= 15 is 0 Å². The summed E-state index contributed by atoms with van der Waals surface area (Å²) in [6.07, 6.45) is -0.221. The maximum Gasteiger partial charge on any atom is 0.321 e. The fourth-order valence-electron chi connectivity index (χ4n) is 1.25. The van der Waals surface area contributed by atoms with Crippen molar-refractivity contribution in [1.29, 1.82) is 0 Å². The van der Waals surface area contributed by atoms with Gasteiger partial charge in [0.2, 0.25) is 5.91 Å². The largest absolute Gasteiger partial charge is 0.480 e. The van der Waals surface area contributed by atoms with Crippen LogP contribution in [-0.4, -0.2) is 29.2 Å². The molecule has 1 aliphatic rings. The molecular formula is C8H14N2O3. The number of carboxylic acids is 1. The standard InChI is InChI=1S/C8H14N2O3/c1-4(2)7-9-5(8(12)13)3-6(11)10-7/h4-5,7,9H,3H2,1-2H3,(H,10,11)(H,12,13)/t5-,7?/m0/s1. The lowest BCUT2D eigenvalue weighted by Gasteiger charge is -2.31. The molecule has 0 aromatic heterocycles. The molecule has 74 valence electrons. The van der Waals surface area contributed by atoms with Crippen LogP contribution in [0.4, 0.5) is 0 Å². The van der Waals surface area contributed by atoms with Crippen LogP contribution in [-0.2, 0) is 9.59 Å². The number of rotatable bonds is 2. The van der Waals surface area contributed by atoms with E-state index in [1.54, 1.807) is 0 Å². The minimum absolute atomic E-state index is 0.0125. The van der Waals surface area contributed by atoms with Gasteiger partial charge in [-0.05, 0) is 5.92 Å². The van der Waals surface area contributed by atoms with E-state index in [-0.39, 0.29) is 24.4 Å². The first-order valence-corrected chi connectivity index (χ1v) is 4.29. The third-order valence-electron chi connectivity index (χ3n) is 2.05. The summed E-state index contributed by atoms with van der Waals surface area (Å²) in [6.45, 7) is 3.84. The molecule has 1 amide bonds. The van der Waals surface area contributed by atoms with Gasteiger partial charge in [-0.15, -0.1) is 0 Å². The second kappa shape index (κ2) is 3.74. The first-order chi connectivity index (χ1) is 6.00. The molecule has 5 nitrogen and oxygen atoms in total. The average molecular weight is 186 g/mol. The molecule has 1 saturated heterocycles. The minimum Gasteiger partial charge on any atom is -0.480 e. The molecule has 0 bridgehead atoms. The lowest BCUT2D eigenvalue weighted by molar-refractivity contribution is -0.144. The molecule has 5 heteroatoms. The molecule has 0 spiro atoms. The highest BCUT2D eigenvalue weighted by atomic mass is 16.4. The van der Waals surface area contributed by atoms with Crippen molar-refractivity contribution in [1.82, 2.24) is 10.6 Å². The minimum atomic E-state index is -0.972. The van der Waals surface area contributed by atoms with Crippen LogP contribution < -0.4 is 10.6 Å². The molecule has 3 N–H and O–H groups in total. The van der Waals surface area contributed by atoms with Gasteiger partial charge in [0, 0.05) is 0 Å². The highest BCUT2D eigenvalue weighted by Crippen LogP contribution is 2.07. The van der Waals surface area contributed by atoms with Crippen molar-refractivity contribution in [3.63, 3.8) is 0 Å². The van der Waals surface area contributed by atoms with E-state index in [4.69, 9.17) is 5.11 Å². The van der Waals surface area contributed by atoms with Gasteiger partial charge in [0.15, 0.2) is 0 Å². The third kappa shape index (κ3) is 2.42. The Labute approximate surface area is 76.5 Å². The maximum atomic E-state index is 11.1. The molecule has 13 heavy (non-hydrogen) atoms. The topological polar surface area (TPSA) is 78.4 Å². The Balaban J connectivity index is 2.63. The maximum absolute atomic E-state index is 11.1. The van der Waals surface area contributed by atoms with Crippen molar-refractivity contribution < 1.29 is 14.7 Å². The number of hydrogen-bond donors (Lipinski definition) is 3. The van der Waals surface area contributed by atoms with Gasteiger partial charge in [-0.3, -0.25) is 14.9 Å². The van der Waals surface area contributed by atoms with Gasteiger partial charge in [0.1, 0.15) is 6.04 Å². The molecule has 0 aromatic rings. The summed E-state index contributed by atoms with van der Waals surface area (Å²) < 4.78 is 0. The normalized spacial score (nSPS) is 28.7. The highest BCUT2D eigenvalue weighted by Gasteiger charge is 2.31. The molecule has 0 aromatic carbocycles. The summed E-state index contributed by atoms with van der Waals surface area (Å²) in [6, 6.07) is -0.749. The summed E-state index contributed by atoms with van der Waals surface area (Å²) in [5.74, 6) is -0.989. The number of aliphatic carboxylic acids is 1. The molecule has 0 saturated carbocycles. The molecule has 2 atom stereocenters. The number of carbonyl (C=O) groups is 2. The van der Waals surface area contributed by atoms with E-state index in [2.05, 4.69) is 10.6 Å². The van der Waals surface area contributed by atoms with E-state index in [1.807, 2.05) is 13.8 Å². The number of nitrogens with one attached hydrogen (secondary N) is 2. The zero-order valence-corrected chi connectivity index (χ0v) is 7.70. The number of amides is 1. The first-order valence-electron chi connectivity index (χ1n) is 4.29. The van der Waals surface area contributed by atoms with E-state index < -0.39 is 12.0 Å². The molecule has 1 aliphatic heterocycles. The second-order valence-electron chi connectivity index (χ2n) is 3.55. The number of carbonyl (C=O) groups excluding carboxylic acids is 1. The van der Waals surface area contributed by atoms with E-state index in [0.717, 1.165) is 0 Å². The van der Waals surface area contributed by atoms with Crippen LogP contribution in [0.1, 0.15) is 20.3 Å². The highest BCUT2D eigenvalue weighted by molar-refractivity contribution is 5.85. The molecule has 0 radical (unpaired) electrons. The zero-order valence-electron chi connectivity index (χ0n) is 7.70. The Morgan fingerprint density at radius 1 is 1.62 bits per heavy atom. The number of carboxylic acid groups (broad SMARTS) is 1. The monoisotopic (exact) mass is 186 g/mol. The second-order valence-corrected chi connectivity index (χ2v) is 3.55. The van der Waals surface area contributed by atoms with Crippen molar-refractivity contribution in [2.24, 2.45) is 5.92 Å². The predicted molar refractivity (Wildman–Crippen MR) is 45.9 cm³/mol. The fraction of sp³-hybridized carbons (Fsp3) is 0.750.